The lowest BCUT2D eigenvalue weighted by atomic mass is 10.1. The summed E-state index contributed by atoms with van der Waals surface area (Å²) in [4.78, 5) is 20.3. The number of para-hydroxylation sites is 2. The van der Waals surface area contributed by atoms with Gasteiger partial charge in [0.05, 0.1) is 27.8 Å². The number of nitrogens with zero attached hydrogens (tertiary/aromatic N) is 6. The third kappa shape index (κ3) is 7.66. The van der Waals surface area contributed by atoms with Crippen molar-refractivity contribution < 1.29 is 0 Å². The number of aromatic nitrogens is 2. The quantitative estimate of drug-likeness (QED) is 0.111. The van der Waals surface area contributed by atoms with Crippen molar-refractivity contribution >= 4 is 72.7 Å². The highest BCUT2D eigenvalue weighted by atomic mass is 15.2. The first-order chi connectivity index (χ1) is 34.0. The molecule has 0 radical (unpaired) electrons. The zero-order valence-electron chi connectivity index (χ0n) is 37.5. The Labute approximate surface area is 399 Å². The van der Waals surface area contributed by atoms with Crippen LogP contribution in [-0.2, 0) is 0 Å². The first-order valence-corrected chi connectivity index (χ1v) is 23.0. The van der Waals surface area contributed by atoms with Crippen LogP contribution in [-0.4, -0.2) is 32.5 Å². The van der Waals surface area contributed by atoms with Crippen LogP contribution in [0.3, 0.4) is 0 Å². The average molecular weight is 889 g/mol. The van der Waals surface area contributed by atoms with Crippen LogP contribution in [0, 0.1) is 0 Å². The Morgan fingerprint density at radius 3 is 1.64 bits per heavy atom. The van der Waals surface area contributed by atoms with Gasteiger partial charge in [0.2, 0.25) is 0 Å². The fourth-order valence-corrected chi connectivity index (χ4v) is 9.45. The summed E-state index contributed by atoms with van der Waals surface area (Å²) in [6.45, 7) is 4.35. The van der Waals surface area contributed by atoms with Gasteiger partial charge in [0, 0.05) is 55.2 Å². The molecule has 8 heteroatoms. The Morgan fingerprint density at radius 2 is 0.986 bits per heavy atom. The van der Waals surface area contributed by atoms with Gasteiger partial charge in [-0.25, -0.2) is 20.0 Å². The lowest BCUT2D eigenvalue weighted by Gasteiger charge is -2.24. The fraction of sp³-hybridized carbons (Fsp3) is 0.0164. The predicted molar refractivity (Wildman–Crippen MR) is 286 cm³/mol. The van der Waals surface area contributed by atoms with Crippen LogP contribution in [0.15, 0.2) is 257 Å². The van der Waals surface area contributed by atoms with Crippen LogP contribution in [0.1, 0.15) is 39.5 Å². The van der Waals surface area contributed by atoms with Gasteiger partial charge in [-0.05, 0) is 59.7 Å². The number of rotatable bonds is 9. The van der Waals surface area contributed by atoms with Gasteiger partial charge in [0.1, 0.15) is 17.8 Å². The Hall–Kier alpha value is -9.40. The van der Waals surface area contributed by atoms with Crippen LogP contribution < -0.4 is 11.1 Å². The van der Waals surface area contributed by atoms with Gasteiger partial charge < -0.3 is 20.2 Å². The van der Waals surface area contributed by atoms with Gasteiger partial charge in [-0.2, -0.15) is 0 Å². The molecule has 328 valence electrons. The number of nitrogens with two attached hydrogens (primary N) is 1. The lowest BCUT2D eigenvalue weighted by molar-refractivity contribution is 0.674. The predicted octanol–water partition coefficient (Wildman–Crippen LogP) is 13.2. The van der Waals surface area contributed by atoms with Crippen molar-refractivity contribution in [1.82, 2.24) is 14.5 Å². The molecule has 0 fully saturated rings. The number of nitrogens with one attached hydrogen (secondary N) is 1. The van der Waals surface area contributed by atoms with Gasteiger partial charge in [-0.1, -0.05) is 189 Å². The molecule has 3 heterocycles. The maximum absolute atomic E-state index is 6.70. The van der Waals surface area contributed by atoms with E-state index in [1.54, 1.807) is 0 Å². The van der Waals surface area contributed by atoms with Crippen molar-refractivity contribution in [3.05, 3.63) is 270 Å². The second kappa shape index (κ2) is 17.4. The minimum absolute atomic E-state index is 0.308. The Bertz CT molecular complexity index is 3880. The van der Waals surface area contributed by atoms with E-state index in [2.05, 4.69) is 148 Å². The van der Waals surface area contributed by atoms with Gasteiger partial charge in [-0.15, -0.1) is 0 Å². The molecule has 0 amide bonds. The summed E-state index contributed by atoms with van der Waals surface area (Å²) in [5.74, 6) is 2.27. The number of fused-ring (bicyclic) bond motifs is 6. The molecule has 69 heavy (non-hydrogen) atoms. The molecule has 9 aromatic carbocycles. The molecular formula is C61H44N8. The summed E-state index contributed by atoms with van der Waals surface area (Å²) < 4.78 is 4.71. The first kappa shape index (κ1) is 41.1. The van der Waals surface area contributed by atoms with Gasteiger partial charge in [0.25, 0.3) is 0 Å². The van der Waals surface area contributed by atoms with Crippen molar-refractivity contribution in [3.63, 3.8) is 0 Å². The van der Waals surface area contributed by atoms with E-state index in [0.717, 1.165) is 88.8 Å². The van der Waals surface area contributed by atoms with Crippen LogP contribution in [0.2, 0.25) is 0 Å². The molecule has 1 aliphatic rings. The van der Waals surface area contributed by atoms with E-state index in [4.69, 9.17) is 25.7 Å². The smallest absolute Gasteiger partial charge is 0.162 e. The number of benzene rings is 9. The molecule has 0 saturated carbocycles. The molecule has 0 saturated heterocycles. The topological polar surface area (TPSA) is 97.3 Å². The highest BCUT2D eigenvalue weighted by molar-refractivity contribution is 6.20. The van der Waals surface area contributed by atoms with Crippen LogP contribution in [0.4, 0.5) is 0 Å². The summed E-state index contributed by atoms with van der Waals surface area (Å²) in [6.07, 6.45) is -0.308. The molecule has 1 atom stereocenters. The molecule has 12 rings (SSSR count). The molecular weight excluding hydrogens is 845 g/mol. The highest BCUT2D eigenvalue weighted by Gasteiger charge is 2.23. The van der Waals surface area contributed by atoms with E-state index in [9.17, 15) is 0 Å². The van der Waals surface area contributed by atoms with Crippen LogP contribution >= 0.6 is 0 Å². The van der Waals surface area contributed by atoms with Gasteiger partial charge in [0.15, 0.2) is 11.7 Å². The molecule has 0 aliphatic carbocycles. The van der Waals surface area contributed by atoms with E-state index >= 15 is 0 Å². The standard InChI is InChI=1S/C61H44N8/c1-40(41-20-6-2-7-21-41)63-60(64-57(62)42-22-8-3-9-23-42)45-28-18-30-47(36-45)68-53-34-16-14-32-49(53)51-38-52-50-33-15-17-35-54(50)69(56(52)39-55(51)68)48-31-19-29-46(37-48)61-66-58(43-24-10-4-11-25-43)65-59(67-61)44-26-12-5-13-27-44/h2-39,58H,1H2,(H2,62,63,64)(H,65,66,67). The summed E-state index contributed by atoms with van der Waals surface area (Å²) in [6, 6.07) is 79.2. The van der Waals surface area contributed by atoms with Crippen molar-refractivity contribution in [2.45, 2.75) is 6.17 Å². The van der Waals surface area contributed by atoms with Crippen LogP contribution in [0.25, 0.3) is 60.7 Å². The number of hydrogen-bond acceptors (Lipinski definition) is 4. The third-order valence-electron chi connectivity index (χ3n) is 12.7. The van der Waals surface area contributed by atoms with E-state index in [-0.39, 0.29) is 6.17 Å². The van der Waals surface area contributed by atoms with Crippen molar-refractivity contribution in [2.24, 2.45) is 25.7 Å². The third-order valence-corrected chi connectivity index (χ3v) is 12.7. The number of hydrogen-bond donors (Lipinski definition) is 2. The molecule has 2 aromatic heterocycles. The van der Waals surface area contributed by atoms with E-state index in [1.165, 1.54) is 5.39 Å². The zero-order chi connectivity index (χ0) is 46.3. The fourth-order valence-electron chi connectivity index (χ4n) is 9.45. The Kier molecular flexibility index (Phi) is 10.4. The largest absolute Gasteiger partial charge is 0.383 e. The summed E-state index contributed by atoms with van der Waals surface area (Å²) in [5.41, 5.74) is 19.1. The summed E-state index contributed by atoms with van der Waals surface area (Å²) in [5, 5.41) is 8.31. The second-order valence-electron chi connectivity index (χ2n) is 17.0. The average Bonchev–Trinajstić information content (AvgIpc) is 3.92. The normalized spacial score (nSPS) is 14.2. The van der Waals surface area contributed by atoms with Crippen molar-refractivity contribution in [1.29, 1.82) is 0 Å². The Balaban J connectivity index is 1.02. The molecule has 1 unspecified atom stereocenters. The van der Waals surface area contributed by atoms with Gasteiger partial charge >= 0.3 is 0 Å². The molecule has 8 nitrogen and oxygen atoms in total. The second-order valence-corrected chi connectivity index (χ2v) is 17.0. The number of amidine groups is 4. The Morgan fingerprint density at radius 1 is 0.464 bits per heavy atom. The maximum Gasteiger partial charge on any atom is 0.162 e. The minimum atomic E-state index is -0.308. The van der Waals surface area contributed by atoms with Crippen LogP contribution in [0.5, 0.6) is 0 Å². The van der Waals surface area contributed by atoms with E-state index in [1.807, 2.05) is 103 Å². The molecule has 3 N–H and O–H groups in total. The number of aliphatic imine (C=N–C) groups is 4. The van der Waals surface area contributed by atoms with Crippen molar-refractivity contribution in [2.75, 3.05) is 0 Å². The molecule has 0 bridgehead atoms. The molecule has 11 aromatic rings. The maximum atomic E-state index is 6.70. The highest BCUT2D eigenvalue weighted by Crippen LogP contribution is 2.40. The minimum Gasteiger partial charge on any atom is -0.383 e. The van der Waals surface area contributed by atoms with Crippen molar-refractivity contribution in [3.8, 4) is 11.4 Å². The summed E-state index contributed by atoms with van der Waals surface area (Å²) in [7, 11) is 0. The lowest BCUT2D eigenvalue weighted by Crippen LogP contribution is -2.33. The first-order valence-electron chi connectivity index (χ1n) is 23.0. The van der Waals surface area contributed by atoms with E-state index < -0.39 is 0 Å². The zero-order valence-corrected chi connectivity index (χ0v) is 37.5. The summed E-state index contributed by atoms with van der Waals surface area (Å²) >= 11 is 0. The molecule has 1 aliphatic heterocycles. The SMILES string of the molecule is C=C(N=C(N=C(N)c1ccccc1)c1cccc(-n2c3ccccc3c3cc4c5ccccc5n(-c5cccc(C6=NC(c7ccccc7)=NC(c7ccccc7)N6)c5)c4cc32)c1)c1ccccc1. The molecule has 0 spiro atoms. The van der Waals surface area contributed by atoms with Gasteiger partial charge in [-0.3, -0.25) is 0 Å². The van der Waals surface area contributed by atoms with E-state index in [0.29, 0.717) is 23.2 Å². The monoisotopic (exact) mass is 888 g/mol.